The predicted molar refractivity (Wildman–Crippen MR) is 84.9 cm³/mol. The molecule has 2 N–H and O–H groups in total. The summed E-state index contributed by atoms with van der Waals surface area (Å²) in [4.78, 5) is 18.3. The topological polar surface area (TPSA) is 54.0 Å². The van der Waals surface area contributed by atoms with E-state index in [1.54, 1.807) is 11.3 Å². The summed E-state index contributed by atoms with van der Waals surface area (Å²) in [5.41, 5.74) is 3.45. The number of hydrogen-bond acceptors (Lipinski definition) is 4. The highest BCUT2D eigenvalue weighted by atomic mass is 32.1. The molecule has 1 unspecified atom stereocenters. The number of nitrogens with one attached hydrogen (secondary N) is 2. The third-order valence-electron chi connectivity index (χ3n) is 4.16. The fraction of sp³-hybridized carbons (Fsp3) is 0.375. The molecule has 1 aromatic heterocycles. The summed E-state index contributed by atoms with van der Waals surface area (Å²) in [5, 5.41) is 7.02. The number of amides is 1. The predicted octanol–water partition coefficient (Wildman–Crippen LogP) is 3.00. The Morgan fingerprint density at radius 1 is 1.29 bits per heavy atom. The van der Waals surface area contributed by atoms with Crippen LogP contribution in [0.1, 0.15) is 29.0 Å². The minimum atomic E-state index is -0.191. The van der Waals surface area contributed by atoms with Crippen LogP contribution >= 0.6 is 11.3 Å². The van der Waals surface area contributed by atoms with Crippen molar-refractivity contribution in [2.75, 3.05) is 10.6 Å². The number of nitrogens with zero attached hydrogens (tertiary/aromatic N) is 1. The Morgan fingerprint density at radius 2 is 2.14 bits per heavy atom. The zero-order valence-corrected chi connectivity index (χ0v) is 12.5. The first-order chi connectivity index (χ1) is 10.3. The summed E-state index contributed by atoms with van der Waals surface area (Å²) >= 11 is 1.64. The quantitative estimate of drug-likeness (QED) is 0.896. The van der Waals surface area contributed by atoms with Crippen LogP contribution in [0.5, 0.6) is 0 Å². The molecule has 1 aromatic carbocycles. The van der Waals surface area contributed by atoms with Crippen LogP contribution in [-0.4, -0.2) is 16.9 Å². The van der Waals surface area contributed by atoms with Gasteiger partial charge in [0.05, 0.1) is 5.69 Å². The molecule has 0 saturated carbocycles. The average Bonchev–Trinajstić information content (AvgIpc) is 3.10. The maximum atomic E-state index is 12.4. The van der Waals surface area contributed by atoms with E-state index in [1.165, 1.54) is 29.0 Å². The number of para-hydroxylation sites is 1. The van der Waals surface area contributed by atoms with Crippen LogP contribution in [0.25, 0.3) is 0 Å². The zero-order valence-electron chi connectivity index (χ0n) is 11.7. The van der Waals surface area contributed by atoms with Gasteiger partial charge < -0.3 is 10.6 Å². The van der Waals surface area contributed by atoms with Gasteiger partial charge in [-0.05, 0) is 37.3 Å². The van der Waals surface area contributed by atoms with Crippen molar-refractivity contribution in [2.24, 2.45) is 0 Å². The van der Waals surface area contributed by atoms with Gasteiger partial charge in [0, 0.05) is 17.0 Å². The second-order valence-electron chi connectivity index (χ2n) is 5.64. The Bertz CT molecular complexity index is 646. The maximum Gasteiger partial charge on any atom is 0.248 e. The van der Waals surface area contributed by atoms with Gasteiger partial charge in [-0.25, -0.2) is 4.98 Å². The zero-order chi connectivity index (χ0) is 14.2. The molecule has 2 aromatic rings. The minimum absolute atomic E-state index is 0.0114. The van der Waals surface area contributed by atoms with Gasteiger partial charge in [0.2, 0.25) is 5.91 Å². The first-order valence-electron chi connectivity index (χ1n) is 7.43. The lowest BCUT2D eigenvalue weighted by Crippen LogP contribution is -2.32. The largest absolute Gasteiger partial charge is 0.373 e. The summed E-state index contributed by atoms with van der Waals surface area (Å²) in [6.45, 7) is 0. The van der Waals surface area contributed by atoms with E-state index >= 15 is 0 Å². The molecular formula is C16H17N3OS. The summed E-state index contributed by atoms with van der Waals surface area (Å²) in [6, 6.07) is 7.89. The van der Waals surface area contributed by atoms with E-state index in [9.17, 15) is 4.79 Å². The average molecular weight is 299 g/mol. The van der Waals surface area contributed by atoms with Crippen LogP contribution in [0.15, 0.2) is 24.3 Å². The number of aryl methyl sites for hydroxylation is 2. The normalized spacial score (nSPS) is 19.5. The van der Waals surface area contributed by atoms with Gasteiger partial charge in [0.25, 0.3) is 0 Å². The number of rotatable bonds is 2. The molecule has 4 nitrogen and oxygen atoms in total. The van der Waals surface area contributed by atoms with E-state index in [0.29, 0.717) is 0 Å². The molecule has 2 heterocycles. The lowest BCUT2D eigenvalue weighted by molar-refractivity contribution is -0.116. The van der Waals surface area contributed by atoms with Crippen LogP contribution in [0.3, 0.4) is 0 Å². The molecule has 0 spiro atoms. The Morgan fingerprint density at radius 3 is 3.00 bits per heavy atom. The SMILES string of the molecule is O=C(Nc1nc2c(s1)CCCC2)C1Cc2ccccc2N1. The van der Waals surface area contributed by atoms with Crippen molar-refractivity contribution in [1.29, 1.82) is 0 Å². The van der Waals surface area contributed by atoms with Crippen LogP contribution in [0, 0.1) is 0 Å². The lowest BCUT2D eigenvalue weighted by Gasteiger charge is -2.09. The second-order valence-corrected chi connectivity index (χ2v) is 6.73. The number of benzene rings is 1. The first kappa shape index (κ1) is 12.8. The van der Waals surface area contributed by atoms with Crippen LogP contribution < -0.4 is 10.6 Å². The molecule has 0 bridgehead atoms. The molecular weight excluding hydrogens is 282 g/mol. The monoisotopic (exact) mass is 299 g/mol. The molecule has 21 heavy (non-hydrogen) atoms. The van der Waals surface area contributed by atoms with Crippen molar-refractivity contribution in [3.63, 3.8) is 0 Å². The van der Waals surface area contributed by atoms with E-state index in [4.69, 9.17) is 0 Å². The van der Waals surface area contributed by atoms with Crippen molar-refractivity contribution in [1.82, 2.24) is 4.98 Å². The van der Waals surface area contributed by atoms with Crippen molar-refractivity contribution < 1.29 is 4.79 Å². The van der Waals surface area contributed by atoms with Gasteiger partial charge in [0.15, 0.2) is 5.13 Å². The third-order valence-corrected chi connectivity index (χ3v) is 5.24. The molecule has 2 aliphatic rings. The molecule has 1 aliphatic carbocycles. The number of anilines is 2. The Kier molecular flexibility index (Phi) is 3.15. The molecule has 4 rings (SSSR count). The Balaban J connectivity index is 1.46. The highest BCUT2D eigenvalue weighted by Crippen LogP contribution is 2.30. The molecule has 108 valence electrons. The number of thiazole rings is 1. The number of carbonyl (C=O) groups is 1. The van der Waals surface area contributed by atoms with E-state index in [-0.39, 0.29) is 11.9 Å². The van der Waals surface area contributed by atoms with E-state index in [2.05, 4.69) is 21.7 Å². The molecule has 1 atom stereocenters. The highest BCUT2D eigenvalue weighted by Gasteiger charge is 2.27. The molecule has 0 saturated heterocycles. The smallest absolute Gasteiger partial charge is 0.248 e. The Labute approximate surface area is 127 Å². The van der Waals surface area contributed by atoms with Gasteiger partial charge in [-0.3, -0.25) is 4.79 Å². The van der Waals surface area contributed by atoms with Crippen LogP contribution in [0.2, 0.25) is 0 Å². The number of hydrogen-bond donors (Lipinski definition) is 2. The fourth-order valence-electron chi connectivity index (χ4n) is 3.05. The number of aromatic nitrogens is 1. The molecule has 1 amide bonds. The summed E-state index contributed by atoms with van der Waals surface area (Å²) in [5.74, 6) is 0.0114. The van der Waals surface area contributed by atoms with Crippen LogP contribution in [0.4, 0.5) is 10.8 Å². The first-order valence-corrected chi connectivity index (χ1v) is 8.25. The molecule has 0 radical (unpaired) electrons. The Hall–Kier alpha value is -1.88. The van der Waals surface area contributed by atoms with E-state index < -0.39 is 0 Å². The van der Waals surface area contributed by atoms with E-state index in [1.807, 2.05) is 18.2 Å². The lowest BCUT2D eigenvalue weighted by atomic mass is 10.0. The number of fused-ring (bicyclic) bond motifs is 2. The fourth-order valence-corrected chi connectivity index (χ4v) is 4.11. The molecule has 1 aliphatic heterocycles. The summed E-state index contributed by atoms with van der Waals surface area (Å²) in [7, 11) is 0. The van der Waals surface area contributed by atoms with Crippen molar-refractivity contribution in [3.8, 4) is 0 Å². The van der Waals surface area contributed by atoms with Crippen molar-refractivity contribution >= 4 is 28.1 Å². The maximum absolute atomic E-state index is 12.4. The van der Waals surface area contributed by atoms with Gasteiger partial charge in [0.1, 0.15) is 6.04 Å². The standard InChI is InChI=1S/C16H17N3OS/c20-15(13-9-10-5-1-2-6-11(10)17-13)19-16-18-12-7-3-4-8-14(12)21-16/h1-2,5-6,13,17H,3-4,7-9H2,(H,18,19,20). The van der Waals surface area contributed by atoms with Gasteiger partial charge in [-0.15, -0.1) is 11.3 Å². The van der Waals surface area contributed by atoms with Crippen LogP contribution in [-0.2, 0) is 24.1 Å². The highest BCUT2D eigenvalue weighted by molar-refractivity contribution is 7.15. The second kappa shape index (κ2) is 5.15. The third kappa shape index (κ3) is 2.42. The molecule has 5 heteroatoms. The summed E-state index contributed by atoms with van der Waals surface area (Å²) < 4.78 is 0. The van der Waals surface area contributed by atoms with Gasteiger partial charge >= 0.3 is 0 Å². The van der Waals surface area contributed by atoms with E-state index in [0.717, 1.165) is 30.1 Å². The minimum Gasteiger partial charge on any atom is -0.373 e. The van der Waals surface area contributed by atoms with Gasteiger partial charge in [-0.1, -0.05) is 18.2 Å². The van der Waals surface area contributed by atoms with Gasteiger partial charge in [-0.2, -0.15) is 0 Å². The molecule has 0 fully saturated rings. The van der Waals surface area contributed by atoms with Crippen molar-refractivity contribution in [2.45, 2.75) is 38.1 Å². The summed E-state index contributed by atoms with van der Waals surface area (Å²) in [6.07, 6.45) is 5.35. The number of carbonyl (C=O) groups excluding carboxylic acids is 1. The van der Waals surface area contributed by atoms with Crippen molar-refractivity contribution in [3.05, 3.63) is 40.4 Å².